The lowest BCUT2D eigenvalue weighted by Gasteiger charge is -2.20. The summed E-state index contributed by atoms with van der Waals surface area (Å²) in [4.78, 5) is 48.9. The van der Waals surface area contributed by atoms with Crippen LogP contribution in [0.3, 0.4) is 0 Å². The lowest BCUT2D eigenvalue weighted by Crippen LogP contribution is -2.51. The van der Waals surface area contributed by atoms with Gasteiger partial charge in [0.2, 0.25) is 5.91 Å². The number of unbranched alkanes of at least 4 members (excludes halogenated alkanes) is 1. The van der Waals surface area contributed by atoms with Gasteiger partial charge >= 0.3 is 12.0 Å². The van der Waals surface area contributed by atoms with Crippen LogP contribution in [0.4, 0.5) is 4.79 Å². The van der Waals surface area contributed by atoms with Crippen LogP contribution in [-0.2, 0) is 25.5 Å². The minimum atomic E-state index is -0.840. The molecule has 0 aliphatic carbocycles. The first-order valence-electron chi connectivity index (χ1n) is 12.9. The molecule has 0 radical (unpaired) electrons. The number of benzene rings is 2. The Morgan fingerprint density at radius 3 is 2.24 bits per heavy atom. The zero-order chi connectivity index (χ0) is 27.2. The van der Waals surface area contributed by atoms with Crippen molar-refractivity contribution in [3.05, 3.63) is 48.0 Å². The Hall–Kier alpha value is -3.46. The molecule has 2 aromatic carbocycles. The van der Waals surface area contributed by atoms with Gasteiger partial charge in [-0.3, -0.25) is 9.59 Å². The summed E-state index contributed by atoms with van der Waals surface area (Å²) < 4.78 is 4.81. The van der Waals surface area contributed by atoms with E-state index in [1.165, 1.54) is 14.0 Å². The third-order valence-electron chi connectivity index (χ3n) is 6.30. The highest BCUT2D eigenvalue weighted by molar-refractivity contribution is 5.89. The Morgan fingerprint density at radius 2 is 1.59 bits per heavy atom. The molecule has 0 aromatic heterocycles. The normalized spacial score (nSPS) is 13.3. The lowest BCUT2D eigenvalue weighted by molar-refractivity contribution is -0.143. The summed E-state index contributed by atoms with van der Waals surface area (Å²) in [6, 6.07) is 11.9. The second-order valence-electron chi connectivity index (χ2n) is 9.16. The molecule has 2 aromatic rings. The van der Waals surface area contributed by atoms with Crippen molar-refractivity contribution in [2.75, 3.05) is 20.7 Å². The summed E-state index contributed by atoms with van der Waals surface area (Å²) in [5.41, 5.74) is 1.07. The van der Waals surface area contributed by atoms with Gasteiger partial charge in [-0.1, -0.05) is 55.8 Å². The highest BCUT2D eigenvalue weighted by Crippen LogP contribution is 2.16. The van der Waals surface area contributed by atoms with Gasteiger partial charge in [-0.2, -0.15) is 0 Å². The van der Waals surface area contributed by atoms with Crippen molar-refractivity contribution < 1.29 is 23.9 Å². The van der Waals surface area contributed by atoms with E-state index in [2.05, 4.69) is 45.5 Å². The molecule has 0 fully saturated rings. The van der Waals surface area contributed by atoms with Gasteiger partial charge in [0.05, 0.1) is 19.2 Å². The monoisotopic (exact) mass is 512 g/mol. The van der Waals surface area contributed by atoms with Gasteiger partial charge in [-0.15, -0.1) is 0 Å². The van der Waals surface area contributed by atoms with Crippen molar-refractivity contribution in [2.24, 2.45) is 0 Å². The average molecular weight is 513 g/mol. The predicted octanol–water partition coefficient (Wildman–Crippen LogP) is 2.86. The number of ether oxygens (including phenoxy) is 1. The fourth-order valence-corrected chi connectivity index (χ4v) is 4.15. The van der Waals surface area contributed by atoms with Crippen LogP contribution in [0, 0.1) is 0 Å². The number of methoxy groups -OCH3 is 1. The van der Waals surface area contributed by atoms with E-state index in [1.807, 2.05) is 25.1 Å². The highest BCUT2D eigenvalue weighted by Gasteiger charge is 2.23. The van der Waals surface area contributed by atoms with E-state index in [9.17, 15) is 19.2 Å². The number of amides is 3. The van der Waals surface area contributed by atoms with Crippen LogP contribution in [0.2, 0.25) is 0 Å². The Labute approximate surface area is 219 Å². The third kappa shape index (κ3) is 9.84. The molecule has 3 amide bonds. The number of carbonyl (C=O) groups excluding carboxylic acids is 4. The number of esters is 1. The molecule has 37 heavy (non-hydrogen) atoms. The average Bonchev–Trinajstić information content (AvgIpc) is 2.89. The summed E-state index contributed by atoms with van der Waals surface area (Å²) in [6.45, 7) is 3.79. The fourth-order valence-electron chi connectivity index (χ4n) is 4.15. The Balaban J connectivity index is 1.79. The number of carbonyl (C=O) groups is 4. The number of fused-ring (bicyclic) bond motifs is 1. The number of hydrogen-bond acceptors (Lipinski definition) is 6. The molecular weight excluding hydrogens is 472 g/mol. The van der Waals surface area contributed by atoms with Gasteiger partial charge in [0.1, 0.15) is 6.04 Å². The first-order chi connectivity index (χ1) is 17.8. The zero-order valence-electron chi connectivity index (χ0n) is 22.3. The van der Waals surface area contributed by atoms with Gasteiger partial charge < -0.3 is 26.0 Å². The summed E-state index contributed by atoms with van der Waals surface area (Å²) in [5, 5.41) is 13.6. The number of rotatable bonds is 15. The van der Waals surface area contributed by atoms with Crippen molar-refractivity contribution in [1.29, 1.82) is 0 Å². The lowest BCUT2D eigenvalue weighted by atomic mass is 10.0. The second kappa shape index (κ2) is 15.6. The minimum absolute atomic E-state index is 0.0936. The number of urea groups is 1. The maximum Gasteiger partial charge on any atom is 0.328 e. The van der Waals surface area contributed by atoms with Crippen molar-refractivity contribution in [3.8, 4) is 0 Å². The molecule has 0 saturated carbocycles. The first-order valence-corrected chi connectivity index (χ1v) is 12.9. The maximum atomic E-state index is 12.7. The van der Waals surface area contributed by atoms with Gasteiger partial charge in [-0.05, 0) is 62.4 Å². The molecule has 0 aliphatic rings. The first kappa shape index (κ1) is 29.8. The van der Waals surface area contributed by atoms with E-state index < -0.39 is 24.1 Å². The van der Waals surface area contributed by atoms with Crippen molar-refractivity contribution >= 4 is 34.5 Å². The number of Topliss-reactive ketones (excluding diaryl/α,β-unsaturated/α-hetero) is 1. The Morgan fingerprint density at radius 1 is 0.892 bits per heavy atom. The standard InChI is InChI=1S/C28H40N4O5/c1-5-10-23(19(2)33)31-28(36)32-24(27(35)37-4)13-8-9-16-30-26(34)25(29-3)18-20-14-15-21-11-6-7-12-22(21)17-20/h6-7,11-12,14-15,17,23-25,29H,5,8-10,13,16,18H2,1-4H3,(H,30,34)(H2,31,32,36)/t23-,24-,25-/m0/s1. The smallest absolute Gasteiger partial charge is 0.328 e. The minimum Gasteiger partial charge on any atom is -0.467 e. The largest absolute Gasteiger partial charge is 0.467 e. The fraction of sp³-hybridized carbons (Fsp3) is 0.500. The molecule has 4 N–H and O–H groups in total. The molecule has 2 rings (SSSR count). The predicted molar refractivity (Wildman–Crippen MR) is 144 cm³/mol. The molecule has 0 aliphatic heterocycles. The van der Waals surface area contributed by atoms with E-state index >= 15 is 0 Å². The Kier molecular flexibility index (Phi) is 12.6. The van der Waals surface area contributed by atoms with E-state index in [0.717, 1.165) is 22.8 Å². The van der Waals surface area contributed by atoms with E-state index in [1.54, 1.807) is 7.05 Å². The maximum absolute atomic E-state index is 12.7. The van der Waals surface area contributed by atoms with Crippen LogP contribution in [-0.4, -0.2) is 62.5 Å². The summed E-state index contributed by atoms with van der Waals surface area (Å²) >= 11 is 0. The van der Waals surface area contributed by atoms with Crippen molar-refractivity contribution in [1.82, 2.24) is 21.3 Å². The van der Waals surface area contributed by atoms with Gasteiger partial charge in [0.15, 0.2) is 5.78 Å². The van der Waals surface area contributed by atoms with Crippen molar-refractivity contribution in [3.63, 3.8) is 0 Å². The molecule has 202 valence electrons. The second-order valence-corrected chi connectivity index (χ2v) is 9.16. The SMILES string of the molecule is CCC[C@H](NC(=O)N[C@@H](CCCCNC(=O)[C@H](Cc1ccc2ccccc2c1)NC)C(=O)OC)C(C)=O. The number of hydrogen-bond donors (Lipinski definition) is 4. The van der Waals surface area contributed by atoms with Crippen LogP contribution in [0.15, 0.2) is 42.5 Å². The number of ketones is 1. The van der Waals surface area contributed by atoms with E-state index in [-0.39, 0.29) is 17.7 Å². The van der Waals surface area contributed by atoms with E-state index in [0.29, 0.717) is 38.6 Å². The Bertz CT molecular complexity index is 1060. The van der Waals surface area contributed by atoms with Crippen LogP contribution in [0.5, 0.6) is 0 Å². The van der Waals surface area contributed by atoms with Gasteiger partial charge in [0, 0.05) is 6.54 Å². The molecule has 9 nitrogen and oxygen atoms in total. The molecule has 0 unspecified atom stereocenters. The van der Waals surface area contributed by atoms with Gasteiger partial charge in [0.25, 0.3) is 0 Å². The highest BCUT2D eigenvalue weighted by atomic mass is 16.5. The number of likely N-dealkylation sites (N-methyl/N-ethyl adjacent to an activating group) is 1. The molecule has 3 atom stereocenters. The molecule has 0 heterocycles. The van der Waals surface area contributed by atoms with Crippen LogP contribution < -0.4 is 21.3 Å². The van der Waals surface area contributed by atoms with Gasteiger partial charge in [-0.25, -0.2) is 9.59 Å². The molecule has 0 bridgehead atoms. The van der Waals surface area contributed by atoms with Crippen LogP contribution in [0.1, 0.15) is 51.5 Å². The summed E-state index contributed by atoms with van der Waals surface area (Å²) in [5.74, 6) is -0.786. The zero-order valence-corrected chi connectivity index (χ0v) is 22.3. The van der Waals surface area contributed by atoms with Crippen LogP contribution in [0.25, 0.3) is 10.8 Å². The molecule has 9 heteroatoms. The molecular formula is C28H40N4O5. The van der Waals surface area contributed by atoms with E-state index in [4.69, 9.17) is 4.74 Å². The quantitative estimate of drug-likeness (QED) is 0.215. The van der Waals surface area contributed by atoms with Crippen LogP contribution >= 0.6 is 0 Å². The van der Waals surface area contributed by atoms with Crippen molar-refractivity contribution in [2.45, 2.75) is 70.5 Å². The molecule has 0 spiro atoms. The topological polar surface area (TPSA) is 126 Å². The summed E-state index contributed by atoms with van der Waals surface area (Å²) in [7, 11) is 3.03. The molecule has 0 saturated heterocycles. The third-order valence-corrected chi connectivity index (χ3v) is 6.30. The number of nitrogens with one attached hydrogen (secondary N) is 4. The summed E-state index contributed by atoms with van der Waals surface area (Å²) in [6.07, 6.45) is 3.39.